The summed E-state index contributed by atoms with van der Waals surface area (Å²) < 4.78 is 6.30. The van der Waals surface area contributed by atoms with Gasteiger partial charge in [0, 0.05) is 12.5 Å². The molecule has 1 heterocycles. The number of ether oxygens (including phenoxy) is 1. The minimum Gasteiger partial charge on any atom is -0.465 e. The highest BCUT2D eigenvalue weighted by atomic mass is 16.6. The maximum atomic E-state index is 12.8. The molecule has 1 aliphatic heterocycles. The monoisotopic (exact) mass is 410 g/mol. The first kappa shape index (κ1) is 24.0. The van der Waals surface area contributed by atoms with Crippen molar-refractivity contribution in [2.45, 2.75) is 110 Å². The molecule has 0 spiro atoms. The topological polar surface area (TPSA) is 78.9 Å². The molecule has 3 atom stereocenters. The Bertz CT molecular complexity index is 543. The van der Waals surface area contributed by atoms with Gasteiger partial charge in [-0.25, -0.2) is 4.79 Å². The molecular weight excluding hydrogens is 368 g/mol. The van der Waals surface area contributed by atoms with Crippen molar-refractivity contribution in [3.05, 3.63) is 0 Å². The third kappa shape index (κ3) is 6.34. The number of nitrogens with zero attached hydrogens (tertiary/aromatic N) is 1. The van der Waals surface area contributed by atoms with Gasteiger partial charge in [-0.2, -0.15) is 0 Å². The molecule has 1 aliphatic carbocycles. The molecule has 0 aromatic heterocycles. The van der Waals surface area contributed by atoms with E-state index >= 15 is 0 Å². The van der Waals surface area contributed by atoms with Gasteiger partial charge in [-0.05, 0) is 44.9 Å². The second-order valence-corrected chi connectivity index (χ2v) is 9.79. The maximum Gasteiger partial charge on any atom is 0.409 e. The van der Waals surface area contributed by atoms with Crippen LogP contribution in [-0.4, -0.2) is 46.4 Å². The van der Waals surface area contributed by atoms with Crippen LogP contribution in [0.5, 0.6) is 0 Å². The average molecular weight is 411 g/mol. The van der Waals surface area contributed by atoms with E-state index in [4.69, 9.17) is 4.74 Å². The summed E-state index contributed by atoms with van der Waals surface area (Å²) in [5.74, 6) is 0.624. The van der Waals surface area contributed by atoms with Gasteiger partial charge < -0.3 is 15.2 Å². The zero-order valence-corrected chi connectivity index (χ0v) is 19.1. The van der Waals surface area contributed by atoms with Crippen LogP contribution in [0.1, 0.15) is 92.4 Å². The lowest BCUT2D eigenvalue weighted by Crippen LogP contribution is -2.48. The Hall–Kier alpha value is -1.30. The van der Waals surface area contributed by atoms with Gasteiger partial charge in [0.1, 0.15) is 5.72 Å². The normalized spacial score (nSPS) is 25.9. The summed E-state index contributed by atoms with van der Waals surface area (Å²) in [4.78, 5) is 26.4. The SMILES string of the molecule is CCCCNC(=O)C(CC1OC(C)(C)N(C(=O)O)C1CC1CCCCC1)C(C)C. The summed E-state index contributed by atoms with van der Waals surface area (Å²) in [6.07, 6.45) is 8.33. The Morgan fingerprint density at radius 1 is 1.21 bits per heavy atom. The molecule has 1 saturated heterocycles. The minimum atomic E-state index is -0.924. The van der Waals surface area contributed by atoms with Crippen molar-refractivity contribution in [3.63, 3.8) is 0 Å². The second-order valence-electron chi connectivity index (χ2n) is 9.79. The molecule has 2 aliphatic rings. The Labute approximate surface area is 176 Å². The fourth-order valence-electron chi connectivity index (χ4n) is 5.12. The number of amides is 2. The summed E-state index contributed by atoms with van der Waals surface area (Å²) in [5, 5.41) is 13.0. The van der Waals surface area contributed by atoms with Crippen molar-refractivity contribution in [3.8, 4) is 0 Å². The van der Waals surface area contributed by atoms with Gasteiger partial charge in [-0.1, -0.05) is 59.3 Å². The average Bonchev–Trinajstić information content (AvgIpc) is 2.89. The molecule has 1 saturated carbocycles. The molecule has 0 radical (unpaired) electrons. The Balaban J connectivity index is 2.16. The first-order valence-corrected chi connectivity index (χ1v) is 11.6. The van der Waals surface area contributed by atoms with Gasteiger partial charge >= 0.3 is 6.09 Å². The molecule has 0 bridgehead atoms. The molecule has 2 rings (SSSR count). The summed E-state index contributed by atoms with van der Waals surface area (Å²) in [7, 11) is 0. The standard InChI is InChI=1S/C23H42N2O4/c1-6-7-13-24-21(26)18(16(2)3)15-20-19(14-17-11-9-8-10-12-17)25(22(27)28)23(4,5)29-20/h16-20H,6-15H2,1-5H3,(H,24,26)(H,27,28). The number of carboxylic acid groups (broad SMARTS) is 1. The molecule has 2 fully saturated rings. The van der Waals surface area contributed by atoms with Crippen LogP contribution in [0.15, 0.2) is 0 Å². The fourth-order valence-corrected chi connectivity index (χ4v) is 5.12. The molecule has 168 valence electrons. The summed E-state index contributed by atoms with van der Waals surface area (Å²) >= 11 is 0. The van der Waals surface area contributed by atoms with Gasteiger partial charge in [0.25, 0.3) is 0 Å². The number of carbonyl (C=O) groups excluding carboxylic acids is 1. The molecule has 0 aromatic rings. The number of rotatable bonds is 9. The van der Waals surface area contributed by atoms with E-state index in [1.807, 2.05) is 13.8 Å². The van der Waals surface area contributed by atoms with Crippen LogP contribution in [0.25, 0.3) is 0 Å². The molecule has 6 heteroatoms. The lowest BCUT2D eigenvalue weighted by atomic mass is 9.81. The van der Waals surface area contributed by atoms with Gasteiger partial charge in [0.2, 0.25) is 5.91 Å². The number of hydrogen-bond acceptors (Lipinski definition) is 3. The van der Waals surface area contributed by atoms with E-state index in [2.05, 4.69) is 26.1 Å². The van der Waals surface area contributed by atoms with E-state index in [1.54, 1.807) is 0 Å². The smallest absolute Gasteiger partial charge is 0.409 e. The van der Waals surface area contributed by atoms with E-state index in [0.29, 0.717) is 18.9 Å². The van der Waals surface area contributed by atoms with Gasteiger partial charge in [0.15, 0.2) is 0 Å². The van der Waals surface area contributed by atoms with Crippen LogP contribution in [0.2, 0.25) is 0 Å². The number of carbonyl (C=O) groups is 2. The van der Waals surface area contributed by atoms with Crippen molar-refractivity contribution < 1.29 is 19.4 Å². The highest BCUT2D eigenvalue weighted by Gasteiger charge is 2.51. The number of unbranched alkanes of at least 4 members (excludes halogenated alkanes) is 1. The van der Waals surface area contributed by atoms with Crippen LogP contribution < -0.4 is 5.32 Å². The van der Waals surface area contributed by atoms with Crippen LogP contribution in [0.3, 0.4) is 0 Å². The molecule has 29 heavy (non-hydrogen) atoms. The lowest BCUT2D eigenvalue weighted by Gasteiger charge is -2.34. The highest BCUT2D eigenvalue weighted by Crippen LogP contribution is 2.41. The van der Waals surface area contributed by atoms with Gasteiger partial charge in [-0.3, -0.25) is 9.69 Å². The minimum absolute atomic E-state index is 0.0695. The van der Waals surface area contributed by atoms with Crippen molar-refractivity contribution in [1.29, 1.82) is 0 Å². The van der Waals surface area contributed by atoms with Crippen LogP contribution >= 0.6 is 0 Å². The third-order valence-electron chi connectivity index (χ3n) is 6.74. The van der Waals surface area contributed by atoms with Crippen LogP contribution in [0, 0.1) is 17.8 Å². The molecule has 0 aromatic carbocycles. The van der Waals surface area contributed by atoms with E-state index in [0.717, 1.165) is 19.3 Å². The maximum absolute atomic E-state index is 12.8. The van der Waals surface area contributed by atoms with Crippen LogP contribution in [-0.2, 0) is 9.53 Å². The van der Waals surface area contributed by atoms with E-state index in [9.17, 15) is 14.7 Å². The Kier molecular flexibility index (Phi) is 8.80. The number of hydrogen-bond donors (Lipinski definition) is 2. The highest BCUT2D eigenvalue weighted by molar-refractivity contribution is 5.79. The van der Waals surface area contributed by atoms with E-state index in [-0.39, 0.29) is 29.9 Å². The second kappa shape index (κ2) is 10.6. The first-order chi connectivity index (χ1) is 13.7. The Morgan fingerprint density at radius 2 is 1.86 bits per heavy atom. The van der Waals surface area contributed by atoms with Gasteiger partial charge in [0.05, 0.1) is 12.1 Å². The molecule has 6 nitrogen and oxygen atoms in total. The third-order valence-corrected chi connectivity index (χ3v) is 6.74. The zero-order chi connectivity index (χ0) is 21.6. The van der Waals surface area contributed by atoms with Crippen molar-refractivity contribution in [1.82, 2.24) is 10.2 Å². The molecule has 3 unspecified atom stereocenters. The molecule has 2 N–H and O–H groups in total. The predicted octanol–water partition coefficient (Wildman–Crippen LogP) is 5.02. The molecular formula is C23H42N2O4. The molecule has 2 amide bonds. The lowest BCUT2D eigenvalue weighted by molar-refractivity contribution is -0.129. The quantitative estimate of drug-likeness (QED) is 0.523. The number of nitrogens with one attached hydrogen (secondary N) is 1. The van der Waals surface area contributed by atoms with Gasteiger partial charge in [-0.15, -0.1) is 0 Å². The van der Waals surface area contributed by atoms with E-state index in [1.165, 1.54) is 37.0 Å². The Morgan fingerprint density at radius 3 is 2.41 bits per heavy atom. The summed E-state index contributed by atoms with van der Waals surface area (Å²) in [6, 6.07) is -0.185. The van der Waals surface area contributed by atoms with Crippen molar-refractivity contribution >= 4 is 12.0 Å². The predicted molar refractivity (Wildman–Crippen MR) is 115 cm³/mol. The first-order valence-electron chi connectivity index (χ1n) is 11.6. The van der Waals surface area contributed by atoms with Crippen molar-refractivity contribution in [2.24, 2.45) is 17.8 Å². The van der Waals surface area contributed by atoms with Crippen molar-refractivity contribution in [2.75, 3.05) is 6.54 Å². The summed E-state index contributed by atoms with van der Waals surface area (Å²) in [6.45, 7) is 10.6. The van der Waals surface area contributed by atoms with E-state index < -0.39 is 11.8 Å². The fraction of sp³-hybridized carbons (Fsp3) is 0.913. The zero-order valence-electron chi connectivity index (χ0n) is 19.1. The summed E-state index contributed by atoms with van der Waals surface area (Å²) in [5.41, 5.74) is -0.865. The van der Waals surface area contributed by atoms with Crippen LogP contribution in [0.4, 0.5) is 4.79 Å². The largest absolute Gasteiger partial charge is 0.465 e.